The fraction of sp³-hybridized carbons (Fsp3) is 0.308. The fourth-order valence-corrected chi connectivity index (χ4v) is 4.63. The van der Waals surface area contributed by atoms with E-state index in [0.29, 0.717) is 6.54 Å². The molecule has 156 valence electrons. The molecule has 0 radical (unpaired) electrons. The van der Waals surface area contributed by atoms with Crippen LogP contribution >= 0.6 is 0 Å². The number of nitrogens with zero attached hydrogens (tertiary/aromatic N) is 1. The fourth-order valence-electron chi connectivity index (χ4n) is 4.63. The summed E-state index contributed by atoms with van der Waals surface area (Å²) in [5.74, 6) is 7.72. The molecule has 1 atom stereocenters. The number of rotatable bonds is 5. The van der Waals surface area contributed by atoms with Crippen LogP contribution in [0.1, 0.15) is 46.3 Å². The largest absolute Gasteiger partial charge is 0.485 e. The van der Waals surface area contributed by atoms with Gasteiger partial charge in [0.05, 0.1) is 12.6 Å². The van der Waals surface area contributed by atoms with Crippen LogP contribution in [0.3, 0.4) is 0 Å². The van der Waals surface area contributed by atoms with Gasteiger partial charge in [0.1, 0.15) is 11.4 Å². The molecule has 0 aliphatic carbocycles. The summed E-state index contributed by atoms with van der Waals surface area (Å²) in [6.45, 7) is 8.98. The summed E-state index contributed by atoms with van der Waals surface area (Å²) in [7, 11) is 0. The Bertz CT molecular complexity index is 971. The van der Waals surface area contributed by atoms with Crippen molar-refractivity contribution in [2.24, 2.45) is 5.84 Å². The molecule has 4 nitrogen and oxygen atoms in total. The van der Waals surface area contributed by atoms with Gasteiger partial charge in [0.2, 0.25) is 0 Å². The predicted molar refractivity (Wildman–Crippen MR) is 123 cm³/mol. The van der Waals surface area contributed by atoms with E-state index in [4.69, 9.17) is 16.3 Å². The Labute approximate surface area is 179 Å². The molecule has 4 rings (SSSR count). The van der Waals surface area contributed by atoms with Crippen molar-refractivity contribution in [1.29, 1.82) is 0 Å². The lowest BCUT2D eigenvalue weighted by atomic mass is 9.91. The van der Waals surface area contributed by atoms with Crippen molar-refractivity contribution in [3.05, 3.63) is 94.0 Å². The molecule has 3 aromatic rings. The van der Waals surface area contributed by atoms with Gasteiger partial charge in [-0.3, -0.25) is 5.84 Å². The maximum Gasteiger partial charge on any atom is 0.127 e. The van der Waals surface area contributed by atoms with Crippen LogP contribution < -0.4 is 16.3 Å². The number of hydrazine groups is 1. The van der Waals surface area contributed by atoms with Gasteiger partial charge in [0, 0.05) is 17.7 Å². The van der Waals surface area contributed by atoms with E-state index in [1.54, 1.807) is 0 Å². The Morgan fingerprint density at radius 3 is 1.97 bits per heavy atom. The molecule has 0 saturated carbocycles. The lowest BCUT2D eigenvalue weighted by Gasteiger charge is -2.35. The van der Waals surface area contributed by atoms with E-state index in [9.17, 15) is 0 Å². The zero-order chi connectivity index (χ0) is 21.5. The number of hydrogen-bond acceptors (Lipinski definition) is 4. The molecule has 0 amide bonds. The van der Waals surface area contributed by atoms with Crippen LogP contribution in [0.2, 0.25) is 0 Å². The normalized spacial score (nSPS) is 18.0. The molecule has 4 N–H and O–H groups in total. The van der Waals surface area contributed by atoms with E-state index in [1.165, 1.54) is 5.56 Å². The maximum atomic E-state index is 6.75. The first-order valence-electron chi connectivity index (χ1n) is 10.5. The minimum Gasteiger partial charge on any atom is -0.485 e. The Morgan fingerprint density at radius 1 is 0.900 bits per heavy atom. The van der Waals surface area contributed by atoms with E-state index in [1.807, 2.05) is 17.1 Å². The minimum atomic E-state index is -0.422. The summed E-state index contributed by atoms with van der Waals surface area (Å²) in [5.41, 5.74) is 13.7. The van der Waals surface area contributed by atoms with Crippen molar-refractivity contribution in [3.63, 3.8) is 0 Å². The smallest absolute Gasteiger partial charge is 0.127 e. The molecule has 30 heavy (non-hydrogen) atoms. The van der Waals surface area contributed by atoms with Gasteiger partial charge in [-0.2, -0.15) is 0 Å². The number of fused-ring (bicyclic) bond motifs is 1. The number of benzene rings is 3. The third kappa shape index (κ3) is 3.57. The van der Waals surface area contributed by atoms with Gasteiger partial charge >= 0.3 is 0 Å². The van der Waals surface area contributed by atoms with E-state index in [-0.39, 0.29) is 6.04 Å². The van der Waals surface area contributed by atoms with Gasteiger partial charge in [-0.15, -0.1) is 0 Å². The molecule has 0 bridgehead atoms. The lowest BCUT2D eigenvalue weighted by Crippen LogP contribution is -2.49. The molecule has 0 spiro atoms. The Kier molecular flexibility index (Phi) is 5.31. The molecule has 1 aliphatic heterocycles. The van der Waals surface area contributed by atoms with Crippen LogP contribution in [0, 0.1) is 20.8 Å². The second-order valence-electron chi connectivity index (χ2n) is 8.72. The first-order valence-corrected chi connectivity index (χ1v) is 10.5. The van der Waals surface area contributed by atoms with Crippen molar-refractivity contribution in [1.82, 2.24) is 5.01 Å². The van der Waals surface area contributed by atoms with Crippen LogP contribution in [0.5, 0.6) is 5.75 Å². The highest BCUT2D eigenvalue weighted by Crippen LogP contribution is 2.44. The molecule has 0 fully saturated rings. The lowest BCUT2D eigenvalue weighted by molar-refractivity contribution is 0.0502. The topological polar surface area (TPSA) is 64.5 Å². The zero-order valence-corrected chi connectivity index (χ0v) is 18.3. The summed E-state index contributed by atoms with van der Waals surface area (Å²) in [4.78, 5) is 0. The molecular formula is C26H31N3O. The average molecular weight is 402 g/mol. The summed E-state index contributed by atoms with van der Waals surface area (Å²) in [5, 5.41) is 1.91. The highest BCUT2D eigenvalue weighted by atomic mass is 16.5. The van der Waals surface area contributed by atoms with Gasteiger partial charge in [0.25, 0.3) is 0 Å². The average Bonchev–Trinajstić information content (AvgIpc) is 3.10. The van der Waals surface area contributed by atoms with E-state index in [2.05, 4.69) is 76.2 Å². The second kappa shape index (κ2) is 7.78. The molecular weight excluding hydrogens is 370 g/mol. The summed E-state index contributed by atoms with van der Waals surface area (Å²) in [6.07, 6.45) is 0.795. The number of nitrogen functional groups attached to an aromatic ring is 1. The molecule has 1 heterocycles. The monoisotopic (exact) mass is 401 g/mol. The third-order valence-electron chi connectivity index (χ3n) is 6.42. The molecule has 3 aromatic carbocycles. The van der Waals surface area contributed by atoms with Gasteiger partial charge in [-0.1, -0.05) is 60.7 Å². The standard InChI is InChI=1S/C26H31N3O/c1-17-18(2)25-22(19(3)23(17)27)15-26(4,30-25)16-29(28)24(20-11-7-5-8-12-20)21-13-9-6-10-14-21/h5-14,24H,15-16,27-28H2,1-4H3. The van der Waals surface area contributed by atoms with Crippen molar-refractivity contribution < 1.29 is 4.74 Å². The highest BCUT2D eigenvalue weighted by Gasteiger charge is 2.40. The van der Waals surface area contributed by atoms with Gasteiger partial charge < -0.3 is 10.5 Å². The summed E-state index contributed by atoms with van der Waals surface area (Å²) in [6, 6.07) is 20.7. The van der Waals surface area contributed by atoms with E-state index >= 15 is 0 Å². The quantitative estimate of drug-likeness (QED) is 0.364. The van der Waals surface area contributed by atoms with Crippen molar-refractivity contribution >= 4 is 5.69 Å². The van der Waals surface area contributed by atoms with Crippen LogP contribution in [0.4, 0.5) is 5.69 Å². The Hall–Kier alpha value is -2.82. The number of hydrogen-bond donors (Lipinski definition) is 2. The second-order valence-corrected chi connectivity index (χ2v) is 8.72. The molecule has 4 heteroatoms. The Balaban J connectivity index is 1.65. The van der Waals surface area contributed by atoms with Crippen molar-refractivity contribution in [2.75, 3.05) is 12.3 Å². The van der Waals surface area contributed by atoms with Gasteiger partial charge in [0.15, 0.2) is 0 Å². The highest BCUT2D eigenvalue weighted by molar-refractivity contribution is 5.66. The predicted octanol–water partition coefficient (Wildman–Crippen LogP) is 4.85. The first-order chi connectivity index (χ1) is 14.3. The van der Waals surface area contributed by atoms with Crippen LogP contribution in [0.25, 0.3) is 0 Å². The van der Waals surface area contributed by atoms with E-state index in [0.717, 1.165) is 45.7 Å². The van der Waals surface area contributed by atoms with E-state index < -0.39 is 5.60 Å². The zero-order valence-electron chi connectivity index (χ0n) is 18.3. The number of anilines is 1. The molecule has 0 saturated heterocycles. The molecule has 1 unspecified atom stereocenters. The number of nitrogens with two attached hydrogens (primary N) is 2. The Morgan fingerprint density at radius 2 is 1.43 bits per heavy atom. The van der Waals surface area contributed by atoms with Gasteiger partial charge in [-0.25, -0.2) is 5.01 Å². The first kappa shape index (κ1) is 20.5. The van der Waals surface area contributed by atoms with Gasteiger partial charge in [-0.05, 0) is 55.5 Å². The third-order valence-corrected chi connectivity index (χ3v) is 6.42. The molecule has 0 aromatic heterocycles. The SMILES string of the molecule is Cc1c(C)c2c(c(C)c1N)CC(C)(CN(N)C(c1ccccc1)c1ccccc1)O2. The van der Waals surface area contributed by atoms with Crippen molar-refractivity contribution in [3.8, 4) is 5.75 Å². The molecule has 1 aliphatic rings. The van der Waals surface area contributed by atoms with Crippen LogP contribution in [-0.4, -0.2) is 17.2 Å². The summed E-state index contributed by atoms with van der Waals surface area (Å²) < 4.78 is 6.56. The van der Waals surface area contributed by atoms with Crippen LogP contribution in [-0.2, 0) is 6.42 Å². The number of ether oxygens (including phenoxy) is 1. The summed E-state index contributed by atoms with van der Waals surface area (Å²) >= 11 is 0. The maximum absolute atomic E-state index is 6.75. The van der Waals surface area contributed by atoms with Crippen LogP contribution in [0.15, 0.2) is 60.7 Å². The minimum absolute atomic E-state index is 0.0504. The van der Waals surface area contributed by atoms with Crippen molar-refractivity contribution in [2.45, 2.75) is 45.8 Å².